The maximum atomic E-state index is 12.2. The molecule has 0 saturated carbocycles. The summed E-state index contributed by atoms with van der Waals surface area (Å²) < 4.78 is 35.6. The first kappa shape index (κ1) is 14.3. The van der Waals surface area contributed by atoms with Gasteiger partial charge in [-0.15, -0.1) is 0 Å². The molecule has 0 aliphatic rings. The number of alkyl halides is 2. The summed E-state index contributed by atoms with van der Waals surface area (Å²) in [5, 5.41) is 2.98. The van der Waals surface area contributed by atoms with E-state index in [1.165, 1.54) is 6.07 Å². The second-order valence-electron chi connectivity index (χ2n) is 3.56. The summed E-state index contributed by atoms with van der Waals surface area (Å²) in [6.07, 6.45) is 0. The molecule has 0 amide bonds. The number of ether oxygens (including phenoxy) is 1. The minimum Gasteiger partial charge on any atom is -0.451 e. The first-order valence-corrected chi connectivity index (χ1v) is 6.86. The molecule has 0 spiro atoms. The lowest BCUT2D eigenvalue weighted by molar-refractivity contribution is -0.0493. The fourth-order valence-corrected chi connectivity index (χ4v) is 2.13. The Bertz CT molecular complexity index is 541. The first-order valence-electron chi connectivity index (χ1n) is 5.27. The number of halogens is 4. The van der Waals surface area contributed by atoms with E-state index in [-0.39, 0.29) is 5.75 Å². The van der Waals surface area contributed by atoms with Crippen LogP contribution in [0.25, 0.3) is 0 Å². The number of para-hydroxylation sites is 2. The molecule has 1 heterocycles. The Balaban J connectivity index is 2.06. The van der Waals surface area contributed by atoms with Gasteiger partial charge in [0.15, 0.2) is 4.67 Å². The van der Waals surface area contributed by atoms with Gasteiger partial charge < -0.3 is 14.5 Å². The molecule has 0 aliphatic heterocycles. The summed E-state index contributed by atoms with van der Waals surface area (Å²) in [5.74, 6) is 0.757. The molecule has 102 valence electrons. The van der Waals surface area contributed by atoms with Crippen molar-refractivity contribution in [3.8, 4) is 5.75 Å². The number of hydrogen-bond donors (Lipinski definition) is 1. The molecular formula is C12H9Br2F2NO2. The highest BCUT2D eigenvalue weighted by molar-refractivity contribution is 9.13. The number of rotatable bonds is 5. The monoisotopic (exact) mass is 395 g/mol. The summed E-state index contributed by atoms with van der Waals surface area (Å²) in [5.41, 5.74) is 0.478. The SMILES string of the molecule is FC(F)Oc1ccccc1NCc1cc(Br)c(Br)o1. The largest absolute Gasteiger partial charge is 0.451 e. The van der Waals surface area contributed by atoms with Crippen molar-refractivity contribution in [3.05, 3.63) is 45.2 Å². The van der Waals surface area contributed by atoms with Crippen LogP contribution in [0.3, 0.4) is 0 Å². The molecular weight excluding hydrogens is 388 g/mol. The topological polar surface area (TPSA) is 34.4 Å². The molecule has 1 aromatic heterocycles. The predicted octanol–water partition coefficient (Wildman–Crippen LogP) is 5.02. The van der Waals surface area contributed by atoms with Gasteiger partial charge in [0.2, 0.25) is 0 Å². The molecule has 7 heteroatoms. The Morgan fingerprint density at radius 2 is 2.00 bits per heavy atom. The van der Waals surface area contributed by atoms with Crippen molar-refractivity contribution in [2.45, 2.75) is 13.2 Å². The van der Waals surface area contributed by atoms with Crippen molar-refractivity contribution in [2.75, 3.05) is 5.32 Å². The van der Waals surface area contributed by atoms with Crippen LogP contribution in [0, 0.1) is 0 Å². The highest BCUT2D eigenvalue weighted by Crippen LogP contribution is 2.29. The van der Waals surface area contributed by atoms with Crippen LogP contribution < -0.4 is 10.1 Å². The molecule has 0 atom stereocenters. The Morgan fingerprint density at radius 1 is 1.26 bits per heavy atom. The van der Waals surface area contributed by atoms with Crippen molar-refractivity contribution in [3.63, 3.8) is 0 Å². The number of hydrogen-bond acceptors (Lipinski definition) is 3. The van der Waals surface area contributed by atoms with Gasteiger partial charge in [0.05, 0.1) is 16.7 Å². The zero-order chi connectivity index (χ0) is 13.8. The summed E-state index contributed by atoms with van der Waals surface area (Å²) in [7, 11) is 0. The van der Waals surface area contributed by atoms with Crippen molar-refractivity contribution in [1.82, 2.24) is 0 Å². The summed E-state index contributed by atoms with van der Waals surface area (Å²) in [6, 6.07) is 8.28. The van der Waals surface area contributed by atoms with Crippen LogP contribution in [-0.4, -0.2) is 6.61 Å². The molecule has 0 radical (unpaired) electrons. The molecule has 1 aromatic carbocycles. The second kappa shape index (κ2) is 6.38. The van der Waals surface area contributed by atoms with Gasteiger partial charge in [-0.25, -0.2) is 0 Å². The Labute approximate surface area is 125 Å². The highest BCUT2D eigenvalue weighted by Gasteiger charge is 2.10. The lowest BCUT2D eigenvalue weighted by Crippen LogP contribution is -2.06. The van der Waals surface area contributed by atoms with Gasteiger partial charge in [-0.05, 0) is 50.1 Å². The van der Waals surface area contributed by atoms with E-state index in [2.05, 4.69) is 41.9 Å². The zero-order valence-corrected chi connectivity index (χ0v) is 12.7. The van der Waals surface area contributed by atoms with Crippen LogP contribution in [0.4, 0.5) is 14.5 Å². The molecule has 0 unspecified atom stereocenters. The van der Waals surface area contributed by atoms with Gasteiger partial charge >= 0.3 is 6.61 Å². The number of nitrogens with one attached hydrogen (secondary N) is 1. The molecule has 0 bridgehead atoms. The summed E-state index contributed by atoms with van der Waals surface area (Å²) >= 11 is 6.52. The predicted molar refractivity (Wildman–Crippen MR) is 74.5 cm³/mol. The van der Waals surface area contributed by atoms with Crippen molar-refractivity contribution < 1.29 is 17.9 Å². The maximum absolute atomic E-state index is 12.2. The van der Waals surface area contributed by atoms with Crippen molar-refractivity contribution in [1.29, 1.82) is 0 Å². The molecule has 2 rings (SSSR count). The smallest absolute Gasteiger partial charge is 0.387 e. The van der Waals surface area contributed by atoms with Crippen molar-refractivity contribution >= 4 is 37.5 Å². The fraction of sp³-hybridized carbons (Fsp3) is 0.167. The average Bonchev–Trinajstić information content (AvgIpc) is 2.67. The molecule has 2 aromatic rings. The third kappa shape index (κ3) is 3.94. The van der Waals surface area contributed by atoms with E-state index >= 15 is 0 Å². The first-order chi connectivity index (χ1) is 9.06. The minimum absolute atomic E-state index is 0.0992. The van der Waals surface area contributed by atoms with Crippen LogP contribution in [0.2, 0.25) is 0 Å². The van der Waals surface area contributed by atoms with Crippen LogP contribution in [0.15, 0.2) is 43.9 Å². The summed E-state index contributed by atoms with van der Waals surface area (Å²) in [6.45, 7) is -2.50. The number of anilines is 1. The number of benzene rings is 1. The lowest BCUT2D eigenvalue weighted by Gasteiger charge is -2.11. The standard InChI is InChI=1S/C12H9Br2F2NO2/c13-8-5-7(18-11(8)14)6-17-9-3-1-2-4-10(9)19-12(15)16/h1-5,12,17H,6H2. The van der Waals surface area contributed by atoms with Gasteiger partial charge in [0.1, 0.15) is 11.5 Å². The maximum Gasteiger partial charge on any atom is 0.387 e. The van der Waals surface area contributed by atoms with E-state index in [0.717, 1.165) is 4.47 Å². The van der Waals surface area contributed by atoms with Gasteiger partial charge in [-0.2, -0.15) is 8.78 Å². The van der Waals surface area contributed by atoms with E-state index in [0.29, 0.717) is 22.7 Å². The Hall–Kier alpha value is -1.08. The molecule has 19 heavy (non-hydrogen) atoms. The van der Waals surface area contributed by atoms with E-state index < -0.39 is 6.61 Å². The average molecular weight is 397 g/mol. The van der Waals surface area contributed by atoms with Crippen LogP contribution in [0.1, 0.15) is 5.76 Å². The Morgan fingerprint density at radius 3 is 2.63 bits per heavy atom. The zero-order valence-electron chi connectivity index (χ0n) is 9.50. The highest BCUT2D eigenvalue weighted by atomic mass is 79.9. The molecule has 0 fully saturated rings. The summed E-state index contributed by atoms with van der Waals surface area (Å²) in [4.78, 5) is 0. The van der Waals surface area contributed by atoms with E-state index in [4.69, 9.17) is 4.42 Å². The minimum atomic E-state index is -2.85. The molecule has 3 nitrogen and oxygen atoms in total. The quantitative estimate of drug-likeness (QED) is 0.770. The third-order valence-electron chi connectivity index (χ3n) is 2.25. The Kier molecular flexibility index (Phi) is 4.81. The van der Waals surface area contributed by atoms with Crippen LogP contribution >= 0.6 is 31.9 Å². The lowest BCUT2D eigenvalue weighted by atomic mass is 10.3. The van der Waals surface area contributed by atoms with Gasteiger partial charge in [0, 0.05) is 0 Å². The van der Waals surface area contributed by atoms with E-state index in [1.807, 2.05) is 0 Å². The van der Waals surface area contributed by atoms with E-state index in [1.54, 1.807) is 24.3 Å². The van der Waals surface area contributed by atoms with Gasteiger partial charge in [-0.1, -0.05) is 12.1 Å². The van der Waals surface area contributed by atoms with Crippen LogP contribution in [0.5, 0.6) is 5.75 Å². The normalized spacial score (nSPS) is 10.8. The fourth-order valence-electron chi connectivity index (χ4n) is 1.47. The van der Waals surface area contributed by atoms with E-state index in [9.17, 15) is 8.78 Å². The second-order valence-corrected chi connectivity index (χ2v) is 5.14. The van der Waals surface area contributed by atoms with Gasteiger partial charge in [0.25, 0.3) is 0 Å². The molecule has 0 aliphatic carbocycles. The molecule has 1 N–H and O–H groups in total. The third-order valence-corrected chi connectivity index (χ3v) is 3.96. The van der Waals surface area contributed by atoms with Crippen LogP contribution in [-0.2, 0) is 6.54 Å². The number of furan rings is 1. The molecule has 0 saturated heterocycles. The van der Waals surface area contributed by atoms with Crippen molar-refractivity contribution in [2.24, 2.45) is 0 Å². The van der Waals surface area contributed by atoms with Gasteiger partial charge in [-0.3, -0.25) is 0 Å².